The lowest BCUT2D eigenvalue weighted by atomic mass is 10.3. The Morgan fingerprint density at radius 3 is 1.69 bits per heavy atom. The molecular formula is C12H8Cl2SSi. The smallest absolute Gasteiger partial charge is 0.134 e. The van der Waals surface area contributed by atoms with Gasteiger partial charge >= 0.3 is 6.69 Å². The van der Waals surface area contributed by atoms with Gasteiger partial charge in [-0.1, -0.05) is 48.2 Å². The second kappa shape index (κ2) is 3.81. The summed E-state index contributed by atoms with van der Waals surface area (Å²) < 4.78 is 0. The average Bonchev–Trinajstić information content (AvgIpc) is 2.29. The van der Waals surface area contributed by atoms with Gasteiger partial charge in [-0.3, -0.25) is 0 Å². The van der Waals surface area contributed by atoms with E-state index in [9.17, 15) is 0 Å². The predicted octanol–water partition coefficient (Wildman–Crippen LogP) is 3.19. The number of hydrogen-bond acceptors (Lipinski definition) is 1. The summed E-state index contributed by atoms with van der Waals surface area (Å²) in [7, 11) is 0. The van der Waals surface area contributed by atoms with Gasteiger partial charge in [-0.25, -0.2) is 0 Å². The first-order chi connectivity index (χ1) is 7.69. The van der Waals surface area contributed by atoms with Crippen LogP contribution in [0.3, 0.4) is 0 Å². The van der Waals surface area contributed by atoms with Crippen LogP contribution in [0.4, 0.5) is 0 Å². The highest BCUT2D eigenvalue weighted by Gasteiger charge is 2.40. The molecule has 0 spiro atoms. The van der Waals surface area contributed by atoms with E-state index < -0.39 is 6.69 Å². The van der Waals surface area contributed by atoms with Crippen molar-refractivity contribution in [2.45, 2.75) is 9.79 Å². The molecule has 0 aromatic heterocycles. The number of hydrogen-bond donors (Lipinski definition) is 0. The molecule has 0 fully saturated rings. The van der Waals surface area contributed by atoms with E-state index in [1.807, 2.05) is 36.4 Å². The Labute approximate surface area is 109 Å². The van der Waals surface area contributed by atoms with Crippen molar-refractivity contribution in [2.75, 3.05) is 0 Å². The van der Waals surface area contributed by atoms with E-state index in [0.29, 0.717) is 0 Å². The minimum atomic E-state index is -2.51. The molecule has 2 aromatic rings. The van der Waals surface area contributed by atoms with Gasteiger partial charge in [0.15, 0.2) is 0 Å². The molecule has 16 heavy (non-hydrogen) atoms. The summed E-state index contributed by atoms with van der Waals surface area (Å²) in [5.74, 6) is 0. The molecule has 0 nitrogen and oxygen atoms in total. The molecule has 0 bridgehead atoms. The largest absolute Gasteiger partial charge is 0.312 e. The van der Waals surface area contributed by atoms with Gasteiger partial charge in [-0.05, 0) is 22.5 Å². The zero-order valence-electron chi connectivity index (χ0n) is 8.28. The van der Waals surface area contributed by atoms with Crippen molar-refractivity contribution in [3.05, 3.63) is 48.5 Å². The summed E-state index contributed by atoms with van der Waals surface area (Å²) in [5, 5.41) is 2.23. The zero-order valence-corrected chi connectivity index (χ0v) is 11.6. The quantitative estimate of drug-likeness (QED) is 0.528. The maximum Gasteiger partial charge on any atom is 0.312 e. The van der Waals surface area contributed by atoms with Gasteiger partial charge in [-0.15, -0.1) is 22.2 Å². The molecule has 1 aliphatic heterocycles. The molecular weight excluding hydrogens is 275 g/mol. The summed E-state index contributed by atoms with van der Waals surface area (Å²) >= 11 is 15.0. The van der Waals surface area contributed by atoms with Gasteiger partial charge < -0.3 is 0 Å². The van der Waals surface area contributed by atoms with Gasteiger partial charge in [0.05, 0.1) is 0 Å². The minimum absolute atomic E-state index is 1.11. The first-order valence-electron chi connectivity index (χ1n) is 4.94. The van der Waals surface area contributed by atoms with E-state index in [1.165, 1.54) is 9.79 Å². The molecule has 80 valence electrons. The van der Waals surface area contributed by atoms with E-state index in [0.717, 1.165) is 10.4 Å². The molecule has 2 aromatic carbocycles. The van der Waals surface area contributed by atoms with E-state index >= 15 is 0 Å². The molecule has 1 aliphatic rings. The third-order valence-corrected chi connectivity index (χ3v) is 8.85. The maximum atomic E-state index is 6.62. The van der Waals surface area contributed by atoms with Gasteiger partial charge in [0.2, 0.25) is 0 Å². The highest BCUT2D eigenvalue weighted by atomic mass is 35.7. The number of halogens is 2. The SMILES string of the molecule is Cl[Si]1(Cl)c2ccccc2Sc2ccccc21. The monoisotopic (exact) mass is 282 g/mol. The van der Waals surface area contributed by atoms with Crippen molar-refractivity contribution in [3.63, 3.8) is 0 Å². The van der Waals surface area contributed by atoms with Crippen LogP contribution in [0.2, 0.25) is 0 Å². The van der Waals surface area contributed by atoms with Crippen molar-refractivity contribution in [2.24, 2.45) is 0 Å². The van der Waals surface area contributed by atoms with Gasteiger partial charge in [0.1, 0.15) is 0 Å². The second-order valence-corrected chi connectivity index (χ2v) is 11.0. The maximum absolute atomic E-state index is 6.62. The third-order valence-electron chi connectivity index (χ3n) is 2.67. The van der Waals surface area contributed by atoms with E-state index in [-0.39, 0.29) is 0 Å². The molecule has 0 unspecified atom stereocenters. The van der Waals surface area contributed by atoms with Gasteiger partial charge in [0, 0.05) is 9.79 Å². The molecule has 0 N–H and O–H groups in total. The van der Waals surface area contributed by atoms with Gasteiger partial charge in [0.25, 0.3) is 0 Å². The summed E-state index contributed by atoms with van der Waals surface area (Å²) in [6.45, 7) is -2.51. The second-order valence-electron chi connectivity index (χ2n) is 3.67. The lowest BCUT2D eigenvalue weighted by molar-refractivity contribution is 1.43. The molecule has 0 aliphatic carbocycles. The minimum Gasteiger partial charge on any atom is -0.134 e. The van der Waals surface area contributed by atoms with E-state index in [4.69, 9.17) is 22.2 Å². The van der Waals surface area contributed by atoms with Crippen LogP contribution in [-0.2, 0) is 0 Å². The van der Waals surface area contributed by atoms with Gasteiger partial charge in [-0.2, -0.15) is 0 Å². The fourth-order valence-electron chi connectivity index (χ4n) is 1.89. The normalized spacial score (nSPS) is 16.4. The van der Waals surface area contributed by atoms with Crippen LogP contribution < -0.4 is 10.4 Å². The first-order valence-corrected chi connectivity index (χ1v) is 9.78. The van der Waals surface area contributed by atoms with Crippen LogP contribution in [0.25, 0.3) is 0 Å². The molecule has 0 saturated carbocycles. The Kier molecular flexibility index (Phi) is 2.55. The lowest BCUT2D eigenvalue weighted by Gasteiger charge is -2.27. The lowest BCUT2D eigenvalue weighted by Crippen LogP contribution is -2.52. The molecule has 0 amide bonds. The zero-order chi connectivity index (χ0) is 11.2. The van der Waals surface area contributed by atoms with Crippen molar-refractivity contribution < 1.29 is 0 Å². The van der Waals surface area contributed by atoms with Crippen molar-refractivity contribution >= 4 is 51.0 Å². The predicted molar refractivity (Wildman–Crippen MR) is 73.7 cm³/mol. The fraction of sp³-hybridized carbons (Fsp3) is 0. The van der Waals surface area contributed by atoms with Crippen LogP contribution >= 0.6 is 33.9 Å². The molecule has 0 atom stereocenters. The van der Waals surface area contributed by atoms with Crippen molar-refractivity contribution in [1.82, 2.24) is 0 Å². The Morgan fingerprint density at radius 2 is 1.19 bits per heavy atom. The molecule has 0 radical (unpaired) electrons. The van der Waals surface area contributed by atoms with Crippen LogP contribution in [0.15, 0.2) is 58.3 Å². The van der Waals surface area contributed by atoms with Crippen LogP contribution in [0.5, 0.6) is 0 Å². The Balaban J connectivity index is 2.28. The summed E-state index contributed by atoms with van der Waals surface area (Å²) in [4.78, 5) is 2.38. The van der Waals surface area contributed by atoms with Crippen molar-refractivity contribution in [3.8, 4) is 0 Å². The summed E-state index contributed by atoms with van der Waals surface area (Å²) in [5.41, 5.74) is 0. The van der Waals surface area contributed by atoms with Crippen molar-refractivity contribution in [1.29, 1.82) is 0 Å². The van der Waals surface area contributed by atoms with Crippen LogP contribution in [0.1, 0.15) is 0 Å². The first kappa shape index (κ1) is 10.7. The molecule has 1 heterocycles. The average molecular weight is 283 g/mol. The standard InChI is InChI=1S/C12H8Cl2SSi/c13-16(14)11-7-3-1-5-9(11)15-10-6-2-4-8-12(10)16/h1-8H. The highest BCUT2D eigenvalue weighted by molar-refractivity contribution is 8.00. The number of benzene rings is 2. The van der Waals surface area contributed by atoms with E-state index in [2.05, 4.69) is 12.1 Å². The Bertz CT molecular complexity index is 507. The molecule has 3 rings (SSSR count). The number of fused-ring (bicyclic) bond motifs is 2. The topological polar surface area (TPSA) is 0 Å². The van der Waals surface area contributed by atoms with Crippen LogP contribution in [0, 0.1) is 0 Å². The van der Waals surface area contributed by atoms with E-state index in [1.54, 1.807) is 11.8 Å². The molecule has 0 saturated heterocycles. The Hall–Kier alpha value is -0.413. The third kappa shape index (κ3) is 1.52. The summed E-state index contributed by atoms with van der Waals surface area (Å²) in [6.07, 6.45) is 0. The molecule has 4 heteroatoms. The van der Waals surface area contributed by atoms with Crippen LogP contribution in [-0.4, -0.2) is 6.69 Å². The summed E-state index contributed by atoms with van der Waals surface area (Å²) in [6, 6.07) is 16.3. The Morgan fingerprint density at radius 1 is 0.750 bits per heavy atom. The highest BCUT2D eigenvalue weighted by Crippen LogP contribution is 2.35. The number of rotatable bonds is 0. The fourth-order valence-corrected chi connectivity index (χ4v) is 8.34.